The molecule has 3 heterocycles. The van der Waals surface area contributed by atoms with Crippen molar-refractivity contribution in [3.05, 3.63) is 35.4 Å². The van der Waals surface area contributed by atoms with Crippen LogP contribution in [-0.4, -0.2) is 29.7 Å². The van der Waals surface area contributed by atoms with Crippen molar-refractivity contribution in [2.45, 2.75) is 26.3 Å². The highest BCUT2D eigenvalue weighted by molar-refractivity contribution is 6.28. The van der Waals surface area contributed by atoms with E-state index in [0.29, 0.717) is 12.1 Å². The van der Waals surface area contributed by atoms with Crippen LogP contribution in [0.3, 0.4) is 0 Å². The molecular formula is C12H13ClN6. The molecule has 1 N–H and O–H groups in total. The summed E-state index contributed by atoms with van der Waals surface area (Å²) >= 11 is 5.92. The lowest BCUT2D eigenvalue weighted by Crippen LogP contribution is -2.05. The van der Waals surface area contributed by atoms with E-state index < -0.39 is 0 Å². The predicted octanol–water partition coefficient (Wildman–Crippen LogP) is 2.20. The van der Waals surface area contributed by atoms with E-state index in [1.807, 2.05) is 6.20 Å². The van der Waals surface area contributed by atoms with Crippen LogP contribution in [0.1, 0.15) is 24.9 Å². The van der Waals surface area contributed by atoms with Crippen molar-refractivity contribution >= 4 is 22.6 Å². The van der Waals surface area contributed by atoms with Gasteiger partial charge in [0.1, 0.15) is 5.82 Å². The summed E-state index contributed by atoms with van der Waals surface area (Å²) in [6.07, 6.45) is 7.18. The standard InChI is InChI=1S/C12H13ClN6/c1-2-4-19-5-3-14-10(19)6-9-8-7-15-18-11(8)17-12(13)16-9/h3,5,7H,2,4,6H2,1H3,(H,15,16,17,18). The summed E-state index contributed by atoms with van der Waals surface area (Å²) in [5, 5.41) is 7.89. The number of H-pyrrole nitrogens is 1. The molecule has 0 aliphatic heterocycles. The predicted molar refractivity (Wildman–Crippen MR) is 72.0 cm³/mol. The van der Waals surface area contributed by atoms with Gasteiger partial charge in [-0.15, -0.1) is 0 Å². The van der Waals surface area contributed by atoms with Crippen LogP contribution in [0.5, 0.6) is 0 Å². The lowest BCUT2D eigenvalue weighted by Gasteiger charge is -2.06. The molecule has 0 unspecified atom stereocenters. The topological polar surface area (TPSA) is 72.3 Å². The highest BCUT2D eigenvalue weighted by Gasteiger charge is 2.11. The van der Waals surface area contributed by atoms with E-state index in [1.54, 1.807) is 12.4 Å². The summed E-state index contributed by atoms with van der Waals surface area (Å²) in [5.41, 5.74) is 1.50. The normalized spacial score (nSPS) is 11.3. The SMILES string of the molecule is CCCn1ccnc1Cc1nc(Cl)nc2[nH]ncc12. The molecule has 0 aliphatic rings. The van der Waals surface area contributed by atoms with Gasteiger partial charge < -0.3 is 4.57 Å². The zero-order chi connectivity index (χ0) is 13.2. The minimum absolute atomic E-state index is 0.223. The van der Waals surface area contributed by atoms with Gasteiger partial charge in [-0.1, -0.05) is 6.92 Å². The van der Waals surface area contributed by atoms with Crippen LogP contribution in [0.4, 0.5) is 0 Å². The fourth-order valence-corrected chi connectivity index (χ4v) is 2.29. The number of nitrogens with one attached hydrogen (secondary N) is 1. The van der Waals surface area contributed by atoms with Gasteiger partial charge in [0.15, 0.2) is 5.65 Å². The Kier molecular flexibility index (Phi) is 3.16. The third-order valence-electron chi connectivity index (χ3n) is 2.95. The van der Waals surface area contributed by atoms with Crippen LogP contribution in [0, 0.1) is 0 Å². The molecule has 0 atom stereocenters. The molecule has 19 heavy (non-hydrogen) atoms. The summed E-state index contributed by atoms with van der Waals surface area (Å²) in [6, 6.07) is 0. The number of fused-ring (bicyclic) bond motifs is 1. The summed E-state index contributed by atoms with van der Waals surface area (Å²) < 4.78 is 2.13. The third kappa shape index (κ3) is 2.31. The molecule has 6 nitrogen and oxygen atoms in total. The van der Waals surface area contributed by atoms with Crippen molar-refractivity contribution in [1.29, 1.82) is 0 Å². The van der Waals surface area contributed by atoms with Gasteiger partial charge in [-0.3, -0.25) is 5.10 Å². The van der Waals surface area contributed by atoms with Gasteiger partial charge in [-0.2, -0.15) is 10.1 Å². The monoisotopic (exact) mass is 276 g/mol. The lowest BCUT2D eigenvalue weighted by atomic mass is 10.2. The Morgan fingerprint density at radius 1 is 1.37 bits per heavy atom. The molecule has 98 valence electrons. The second kappa shape index (κ2) is 4.97. The van der Waals surface area contributed by atoms with Gasteiger partial charge in [0, 0.05) is 25.4 Å². The second-order valence-corrected chi connectivity index (χ2v) is 4.62. The molecule has 0 aliphatic carbocycles. The van der Waals surface area contributed by atoms with Crippen molar-refractivity contribution in [2.75, 3.05) is 0 Å². The number of rotatable bonds is 4. The minimum atomic E-state index is 0.223. The van der Waals surface area contributed by atoms with E-state index in [2.05, 4.69) is 36.6 Å². The zero-order valence-corrected chi connectivity index (χ0v) is 11.2. The molecule has 0 bridgehead atoms. The summed E-state index contributed by atoms with van der Waals surface area (Å²) in [5.74, 6) is 0.971. The summed E-state index contributed by atoms with van der Waals surface area (Å²) in [6.45, 7) is 3.09. The van der Waals surface area contributed by atoms with Crippen molar-refractivity contribution in [3.63, 3.8) is 0 Å². The Hall–Kier alpha value is -1.95. The van der Waals surface area contributed by atoms with E-state index in [-0.39, 0.29) is 5.28 Å². The molecule has 0 spiro atoms. The van der Waals surface area contributed by atoms with Crippen LogP contribution in [0.15, 0.2) is 18.6 Å². The highest BCUT2D eigenvalue weighted by atomic mass is 35.5. The third-order valence-corrected chi connectivity index (χ3v) is 3.12. The van der Waals surface area contributed by atoms with Crippen LogP contribution in [0.25, 0.3) is 11.0 Å². The first-order valence-corrected chi connectivity index (χ1v) is 6.51. The van der Waals surface area contributed by atoms with Crippen molar-refractivity contribution in [3.8, 4) is 0 Å². The van der Waals surface area contributed by atoms with Crippen LogP contribution in [-0.2, 0) is 13.0 Å². The minimum Gasteiger partial charge on any atom is -0.335 e. The maximum atomic E-state index is 5.92. The van der Waals surface area contributed by atoms with E-state index in [4.69, 9.17) is 11.6 Å². The number of aromatic nitrogens is 6. The van der Waals surface area contributed by atoms with E-state index in [9.17, 15) is 0 Å². The van der Waals surface area contributed by atoms with Crippen molar-refractivity contribution in [1.82, 2.24) is 29.7 Å². The largest absolute Gasteiger partial charge is 0.335 e. The molecule has 0 aromatic carbocycles. The molecular weight excluding hydrogens is 264 g/mol. The molecule has 3 aromatic rings. The fourth-order valence-electron chi connectivity index (χ4n) is 2.10. The first-order valence-electron chi connectivity index (χ1n) is 6.13. The summed E-state index contributed by atoms with van der Waals surface area (Å²) in [7, 11) is 0. The Labute approximate surface area is 114 Å². The molecule has 0 fully saturated rings. The van der Waals surface area contributed by atoms with E-state index in [0.717, 1.165) is 29.9 Å². The first-order chi connectivity index (χ1) is 9.28. The maximum Gasteiger partial charge on any atom is 0.224 e. The Balaban J connectivity index is 2.00. The van der Waals surface area contributed by atoms with Gasteiger partial charge >= 0.3 is 0 Å². The molecule has 7 heteroatoms. The van der Waals surface area contributed by atoms with Crippen molar-refractivity contribution in [2.24, 2.45) is 0 Å². The zero-order valence-electron chi connectivity index (χ0n) is 10.5. The molecule has 3 rings (SSSR count). The van der Waals surface area contributed by atoms with E-state index >= 15 is 0 Å². The van der Waals surface area contributed by atoms with Gasteiger partial charge in [0.25, 0.3) is 0 Å². The Morgan fingerprint density at radius 3 is 3.11 bits per heavy atom. The van der Waals surface area contributed by atoms with Gasteiger partial charge in [-0.25, -0.2) is 9.97 Å². The molecule has 0 saturated heterocycles. The van der Waals surface area contributed by atoms with Crippen LogP contribution >= 0.6 is 11.6 Å². The quantitative estimate of drug-likeness (QED) is 0.742. The second-order valence-electron chi connectivity index (χ2n) is 4.29. The number of hydrogen-bond acceptors (Lipinski definition) is 4. The number of hydrogen-bond donors (Lipinski definition) is 1. The van der Waals surface area contributed by atoms with E-state index in [1.165, 1.54) is 0 Å². The smallest absolute Gasteiger partial charge is 0.224 e. The number of nitrogens with zero attached hydrogens (tertiary/aromatic N) is 5. The number of aryl methyl sites for hydroxylation is 1. The highest BCUT2D eigenvalue weighted by Crippen LogP contribution is 2.18. The Morgan fingerprint density at radius 2 is 2.26 bits per heavy atom. The number of halogens is 1. The lowest BCUT2D eigenvalue weighted by molar-refractivity contribution is 0.645. The van der Waals surface area contributed by atoms with Gasteiger partial charge in [0.2, 0.25) is 5.28 Å². The van der Waals surface area contributed by atoms with Gasteiger partial charge in [0.05, 0.1) is 17.3 Å². The average molecular weight is 277 g/mol. The first kappa shape index (κ1) is 12.1. The van der Waals surface area contributed by atoms with Crippen LogP contribution < -0.4 is 0 Å². The molecule has 3 aromatic heterocycles. The average Bonchev–Trinajstić information content (AvgIpc) is 2.99. The molecule has 0 radical (unpaired) electrons. The maximum absolute atomic E-state index is 5.92. The molecule has 0 saturated carbocycles. The fraction of sp³-hybridized carbons (Fsp3) is 0.333. The van der Waals surface area contributed by atoms with Gasteiger partial charge in [-0.05, 0) is 18.0 Å². The van der Waals surface area contributed by atoms with Crippen molar-refractivity contribution < 1.29 is 0 Å². The molecule has 0 amide bonds. The summed E-state index contributed by atoms with van der Waals surface area (Å²) in [4.78, 5) is 12.8. The van der Waals surface area contributed by atoms with Crippen LogP contribution in [0.2, 0.25) is 5.28 Å². The Bertz CT molecular complexity index is 701. The number of imidazole rings is 1. The number of aromatic amines is 1.